The highest BCUT2D eigenvalue weighted by Gasteiger charge is 1.86. The van der Waals surface area contributed by atoms with Crippen LogP contribution in [0.5, 0.6) is 0 Å². The van der Waals surface area contributed by atoms with E-state index in [0.717, 1.165) is 11.4 Å². The van der Waals surface area contributed by atoms with Crippen LogP contribution in [0.3, 0.4) is 0 Å². The van der Waals surface area contributed by atoms with Crippen molar-refractivity contribution in [1.82, 2.24) is 4.98 Å². The summed E-state index contributed by atoms with van der Waals surface area (Å²) in [6.45, 7) is 1.92. The van der Waals surface area contributed by atoms with Crippen molar-refractivity contribution in [2.75, 3.05) is 5.43 Å². The molecular weight excluding hydrogens is 114 g/mol. The first-order valence-corrected chi connectivity index (χ1v) is 2.72. The monoisotopic (exact) mass is 123 g/mol. The van der Waals surface area contributed by atoms with Crippen LogP contribution in [0.2, 0.25) is 0 Å². The van der Waals surface area contributed by atoms with Gasteiger partial charge in [-0.2, -0.15) is 0 Å². The first kappa shape index (κ1) is 6.04. The number of pyridine rings is 1. The molecule has 0 radical (unpaired) electrons. The van der Waals surface area contributed by atoms with Crippen molar-refractivity contribution in [3.8, 4) is 0 Å². The average molecular weight is 123 g/mol. The predicted molar refractivity (Wildman–Crippen MR) is 36.8 cm³/mol. The molecule has 1 aromatic rings. The zero-order valence-corrected chi connectivity index (χ0v) is 5.26. The summed E-state index contributed by atoms with van der Waals surface area (Å²) in [5.41, 5.74) is 4.38. The molecule has 48 valence electrons. The van der Waals surface area contributed by atoms with Crippen molar-refractivity contribution in [1.29, 1.82) is 0 Å². The summed E-state index contributed by atoms with van der Waals surface area (Å²) < 4.78 is 0. The van der Waals surface area contributed by atoms with E-state index in [1.807, 2.05) is 19.1 Å². The van der Waals surface area contributed by atoms with Gasteiger partial charge in [-0.05, 0) is 19.1 Å². The van der Waals surface area contributed by atoms with Crippen LogP contribution in [-0.4, -0.2) is 4.98 Å². The zero-order chi connectivity index (χ0) is 6.69. The molecule has 0 saturated carbocycles. The van der Waals surface area contributed by atoms with Crippen molar-refractivity contribution < 1.29 is 0 Å². The van der Waals surface area contributed by atoms with E-state index in [1.54, 1.807) is 6.20 Å². The number of nitrogens with one attached hydrogen (secondary N) is 1. The topological polar surface area (TPSA) is 50.9 Å². The molecule has 0 saturated heterocycles. The Hall–Kier alpha value is -1.09. The van der Waals surface area contributed by atoms with Crippen molar-refractivity contribution in [2.24, 2.45) is 5.84 Å². The number of aromatic nitrogens is 1. The SMILES string of the molecule is Cc1cc(NN)ccn1. The van der Waals surface area contributed by atoms with Crippen LogP contribution in [0.4, 0.5) is 5.69 Å². The molecule has 0 amide bonds. The Balaban J connectivity index is 2.94. The number of nitrogen functional groups attached to an aromatic ring is 1. The Kier molecular flexibility index (Phi) is 1.65. The normalized spacial score (nSPS) is 9.11. The van der Waals surface area contributed by atoms with Gasteiger partial charge in [0.15, 0.2) is 0 Å². The third kappa shape index (κ3) is 1.40. The zero-order valence-electron chi connectivity index (χ0n) is 5.26. The summed E-state index contributed by atoms with van der Waals surface area (Å²) in [6.07, 6.45) is 1.71. The van der Waals surface area contributed by atoms with E-state index >= 15 is 0 Å². The molecule has 3 N–H and O–H groups in total. The summed E-state index contributed by atoms with van der Waals surface area (Å²) in [6, 6.07) is 3.69. The maximum Gasteiger partial charge on any atom is 0.0518 e. The predicted octanol–water partition coefficient (Wildman–Crippen LogP) is 0.676. The summed E-state index contributed by atoms with van der Waals surface area (Å²) in [5, 5.41) is 0. The average Bonchev–Trinajstić information content (AvgIpc) is 1.88. The Morgan fingerprint density at radius 1 is 1.67 bits per heavy atom. The van der Waals surface area contributed by atoms with E-state index in [0.29, 0.717) is 0 Å². The minimum Gasteiger partial charge on any atom is -0.324 e. The number of aryl methyl sites for hydroxylation is 1. The van der Waals surface area contributed by atoms with Gasteiger partial charge in [-0.3, -0.25) is 10.8 Å². The third-order valence-corrected chi connectivity index (χ3v) is 1.06. The highest BCUT2D eigenvalue weighted by atomic mass is 15.2. The lowest BCUT2D eigenvalue weighted by molar-refractivity contribution is 1.19. The number of nitrogens with two attached hydrogens (primary N) is 1. The minimum absolute atomic E-state index is 0.891. The highest BCUT2D eigenvalue weighted by Crippen LogP contribution is 2.03. The number of hydrogen-bond donors (Lipinski definition) is 2. The van der Waals surface area contributed by atoms with Crippen LogP contribution in [0.25, 0.3) is 0 Å². The highest BCUT2D eigenvalue weighted by molar-refractivity contribution is 5.41. The molecule has 9 heavy (non-hydrogen) atoms. The van der Waals surface area contributed by atoms with E-state index in [4.69, 9.17) is 5.84 Å². The Bertz CT molecular complexity index is 197. The van der Waals surface area contributed by atoms with Gasteiger partial charge < -0.3 is 5.43 Å². The lowest BCUT2D eigenvalue weighted by Gasteiger charge is -1.97. The van der Waals surface area contributed by atoms with E-state index < -0.39 is 0 Å². The number of hydrogen-bond acceptors (Lipinski definition) is 3. The molecule has 0 aliphatic heterocycles. The molecule has 1 aromatic heterocycles. The molecule has 0 fully saturated rings. The molecule has 1 rings (SSSR count). The maximum absolute atomic E-state index is 5.14. The Morgan fingerprint density at radius 3 is 2.89 bits per heavy atom. The second-order valence-corrected chi connectivity index (χ2v) is 1.83. The van der Waals surface area contributed by atoms with E-state index in [9.17, 15) is 0 Å². The first-order chi connectivity index (χ1) is 4.33. The largest absolute Gasteiger partial charge is 0.324 e. The molecular formula is C6H9N3. The lowest BCUT2D eigenvalue weighted by atomic mass is 10.3. The van der Waals surface area contributed by atoms with Crippen molar-refractivity contribution in [2.45, 2.75) is 6.92 Å². The summed E-state index contributed by atoms with van der Waals surface area (Å²) in [5.74, 6) is 5.14. The number of anilines is 1. The summed E-state index contributed by atoms with van der Waals surface area (Å²) >= 11 is 0. The first-order valence-electron chi connectivity index (χ1n) is 2.72. The van der Waals surface area contributed by atoms with E-state index in [-0.39, 0.29) is 0 Å². The van der Waals surface area contributed by atoms with Gasteiger partial charge in [0.25, 0.3) is 0 Å². The number of rotatable bonds is 1. The Morgan fingerprint density at radius 2 is 2.44 bits per heavy atom. The fraction of sp³-hybridized carbons (Fsp3) is 0.167. The number of hydrazine groups is 1. The van der Waals surface area contributed by atoms with Gasteiger partial charge in [0, 0.05) is 11.9 Å². The van der Waals surface area contributed by atoms with Gasteiger partial charge in [-0.1, -0.05) is 0 Å². The minimum atomic E-state index is 0.891. The van der Waals surface area contributed by atoms with Crippen LogP contribution in [0.1, 0.15) is 5.69 Å². The van der Waals surface area contributed by atoms with E-state index in [2.05, 4.69) is 10.4 Å². The number of nitrogens with zero attached hydrogens (tertiary/aromatic N) is 1. The molecule has 0 unspecified atom stereocenters. The van der Waals surface area contributed by atoms with Gasteiger partial charge in [0.05, 0.1) is 5.69 Å². The molecule has 3 nitrogen and oxygen atoms in total. The smallest absolute Gasteiger partial charge is 0.0518 e. The second-order valence-electron chi connectivity index (χ2n) is 1.83. The van der Waals surface area contributed by atoms with Crippen LogP contribution in [-0.2, 0) is 0 Å². The standard InChI is InChI=1S/C6H9N3/c1-5-4-6(9-7)2-3-8-5/h2-4H,7H2,1H3,(H,8,9). The van der Waals surface area contributed by atoms with Gasteiger partial charge in [0.1, 0.15) is 0 Å². The molecule has 1 heterocycles. The van der Waals surface area contributed by atoms with Crippen LogP contribution < -0.4 is 11.3 Å². The Labute approximate surface area is 53.9 Å². The summed E-state index contributed by atoms with van der Waals surface area (Å²) in [7, 11) is 0. The van der Waals surface area contributed by atoms with Gasteiger partial charge in [0.2, 0.25) is 0 Å². The van der Waals surface area contributed by atoms with Gasteiger partial charge >= 0.3 is 0 Å². The van der Waals surface area contributed by atoms with Crippen LogP contribution >= 0.6 is 0 Å². The van der Waals surface area contributed by atoms with Crippen molar-refractivity contribution in [3.05, 3.63) is 24.0 Å². The second kappa shape index (κ2) is 2.46. The van der Waals surface area contributed by atoms with Gasteiger partial charge in [-0.15, -0.1) is 0 Å². The van der Waals surface area contributed by atoms with Crippen LogP contribution in [0.15, 0.2) is 18.3 Å². The fourth-order valence-electron chi connectivity index (χ4n) is 0.635. The molecule has 0 spiro atoms. The maximum atomic E-state index is 5.14. The lowest BCUT2D eigenvalue weighted by Crippen LogP contribution is -2.06. The van der Waals surface area contributed by atoms with Crippen molar-refractivity contribution >= 4 is 5.69 Å². The molecule has 0 aliphatic carbocycles. The van der Waals surface area contributed by atoms with Crippen LogP contribution in [0, 0.1) is 6.92 Å². The molecule has 0 atom stereocenters. The molecule has 0 bridgehead atoms. The molecule has 0 aliphatic rings. The summed E-state index contributed by atoms with van der Waals surface area (Å²) in [4.78, 5) is 3.99. The molecule has 0 aromatic carbocycles. The van der Waals surface area contributed by atoms with Gasteiger partial charge in [-0.25, -0.2) is 0 Å². The van der Waals surface area contributed by atoms with E-state index in [1.165, 1.54) is 0 Å². The van der Waals surface area contributed by atoms with Crippen molar-refractivity contribution in [3.63, 3.8) is 0 Å². The fourth-order valence-corrected chi connectivity index (χ4v) is 0.635. The quantitative estimate of drug-likeness (QED) is 0.426. The third-order valence-electron chi connectivity index (χ3n) is 1.06. The molecule has 3 heteroatoms.